The highest BCUT2D eigenvalue weighted by atomic mass is 16.6. The van der Waals surface area contributed by atoms with Crippen LogP contribution in [0.1, 0.15) is 34.1 Å². The van der Waals surface area contributed by atoms with Crippen molar-refractivity contribution in [2.24, 2.45) is 11.8 Å². The maximum Gasteiger partial charge on any atom is 0.321 e. The Kier molecular flexibility index (Phi) is 16.7. The van der Waals surface area contributed by atoms with E-state index in [9.17, 15) is 33.9 Å². The van der Waals surface area contributed by atoms with E-state index >= 15 is 0 Å². The SMILES string of the molecule is C=C(C)C(=O)NCC(C)OCCOC(=O)C(C(=O)OCCOC(C)CNC(=O)C(=C)C)C(CC(=O)O)C(=O)O. The van der Waals surface area contributed by atoms with Gasteiger partial charge in [0.2, 0.25) is 11.8 Å². The lowest BCUT2D eigenvalue weighted by molar-refractivity contribution is -0.173. The number of carbonyl (C=O) groups excluding carboxylic acids is 4. The normalized spacial score (nSPS) is 13.6. The molecule has 0 bridgehead atoms. The lowest BCUT2D eigenvalue weighted by Crippen LogP contribution is -2.40. The third-order valence-corrected chi connectivity index (χ3v) is 4.96. The molecule has 0 aliphatic carbocycles. The Balaban J connectivity index is 4.95. The zero-order chi connectivity index (χ0) is 30.1. The van der Waals surface area contributed by atoms with Crippen LogP contribution in [0.15, 0.2) is 24.3 Å². The first kappa shape index (κ1) is 35.2. The smallest absolute Gasteiger partial charge is 0.321 e. The summed E-state index contributed by atoms with van der Waals surface area (Å²) < 4.78 is 20.7. The molecule has 0 aromatic carbocycles. The first-order valence-corrected chi connectivity index (χ1v) is 12.1. The molecule has 0 saturated carbocycles. The van der Waals surface area contributed by atoms with Gasteiger partial charge in [-0.2, -0.15) is 0 Å². The van der Waals surface area contributed by atoms with E-state index < -0.39 is 54.3 Å². The second kappa shape index (κ2) is 18.5. The first-order chi connectivity index (χ1) is 18.2. The van der Waals surface area contributed by atoms with Gasteiger partial charge in [0.25, 0.3) is 0 Å². The van der Waals surface area contributed by atoms with Crippen molar-refractivity contribution < 1.29 is 57.9 Å². The maximum absolute atomic E-state index is 12.6. The fraction of sp³-hybridized carbons (Fsp3) is 0.600. The summed E-state index contributed by atoms with van der Waals surface area (Å²) >= 11 is 0. The molecule has 4 N–H and O–H groups in total. The minimum atomic E-state index is -2.06. The molecule has 0 aromatic heterocycles. The number of carbonyl (C=O) groups is 6. The molecular weight excluding hydrogens is 520 g/mol. The minimum Gasteiger partial charge on any atom is -0.481 e. The summed E-state index contributed by atoms with van der Waals surface area (Å²) in [5, 5.41) is 23.7. The van der Waals surface area contributed by atoms with E-state index in [1.165, 1.54) is 13.8 Å². The average Bonchev–Trinajstić information content (AvgIpc) is 2.85. The Morgan fingerprint density at radius 3 is 1.41 bits per heavy atom. The predicted octanol–water partition coefficient (Wildman–Crippen LogP) is 0.0593. The summed E-state index contributed by atoms with van der Waals surface area (Å²) in [7, 11) is 0. The summed E-state index contributed by atoms with van der Waals surface area (Å²) in [6, 6.07) is 0. The van der Waals surface area contributed by atoms with E-state index in [2.05, 4.69) is 23.8 Å². The molecule has 0 spiro atoms. The highest BCUT2D eigenvalue weighted by Gasteiger charge is 2.43. The van der Waals surface area contributed by atoms with E-state index in [0.29, 0.717) is 11.1 Å². The monoisotopic (exact) mass is 558 g/mol. The van der Waals surface area contributed by atoms with Crippen LogP contribution in [0, 0.1) is 11.8 Å². The molecule has 0 rings (SSSR count). The van der Waals surface area contributed by atoms with Gasteiger partial charge in [0.1, 0.15) is 13.2 Å². The molecular formula is C25H38N2O12. The fourth-order valence-electron chi connectivity index (χ4n) is 2.82. The van der Waals surface area contributed by atoms with Crippen LogP contribution in [-0.2, 0) is 47.7 Å². The number of nitrogens with one attached hydrogen (secondary N) is 2. The van der Waals surface area contributed by atoms with E-state index in [0.717, 1.165) is 0 Å². The minimum absolute atomic E-state index is 0.148. The van der Waals surface area contributed by atoms with Crippen molar-refractivity contribution >= 4 is 35.7 Å². The van der Waals surface area contributed by atoms with Crippen LogP contribution in [0.25, 0.3) is 0 Å². The summed E-state index contributed by atoms with van der Waals surface area (Å²) in [5.41, 5.74) is 0.633. The van der Waals surface area contributed by atoms with Crippen LogP contribution >= 0.6 is 0 Å². The third kappa shape index (κ3) is 15.3. The van der Waals surface area contributed by atoms with Crippen molar-refractivity contribution in [2.45, 2.75) is 46.3 Å². The quantitative estimate of drug-likeness (QED) is 0.0678. The standard InChI is InChI=1S/C25H38N2O12/c1-14(2)21(30)26-12-16(5)36-7-9-38-24(34)20(18(23(32)33)11-19(28)29)25(35)39-10-8-37-17(6)13-27-22(31)15(3)4/h16-18,20H,1,3,7-13H2,2,4-6H3,(H,26,30)(H,27,31)(H,28,29)(H,32,33). The van der Waals surface area contributed by atoms with Crippen molar-refractivity contribution in [3.05, 3.63) is 24.3 Å². The number of hydrogen-bond acceptors (Lipinski definition) is 10. The molecule has 220 valence electrons. The van der Waals surface area contributed by atoms with Gasteiger partial charge in [-0.25, -0.2) is 0 Å². The van der Waals surface area contributed by atoms with E-state index in [-0.39, 0.29) is 51.3 Å². The highest BCUT2D eigenvalue weighted by Crippen LogP contribution is 2.21. The third-order valence-electron chi connectivity index (χ3n) is 4.96. The van der Waals surface area contributed by atoms with Crippen LogP contribution in [0.4, 0.5) is 0 Å². The van der Waals surface area contributed by atoms with Gasteiger partial charge in [0.05, 0.1) is 37.8 Å². The molecule has 0 fully saturated rings. The Morgan fingerprint density at radius 2 is 1.10 bits per heavy atom. The number of amides is 2. The largest absolute Gasteiger partial charge is 0.481 e. The van der Waals surface area contributed by atoms with Crippen LogP contribution in [0.3, 0.4) is 0 Å². The van der Waals surface area contributed by atoms with E-state index in [4.69, 9.17) is 24.1 Å². The number of rotatable bonds is 20. The number of ether oxygens (including phenoxy) is 4. The summed E-state index contributed by atoms with van der Waals surface area (Å²) in [6.45, 7) is 12.6. The van der Waals surface area contributed by atoms with E-state index in [1.807, 2.05) is 0 Å². The number of carboxylic acids is 2. The van der Waals surface area contributed by atoms with Crippen molar-refractivity contribution in [2.75, 3.05) is 39.5 Å². The lowest BCUT2D eigenvalue weighted by Gasteiger charge is -2.21. The first-order valence-electron chi connectivity index (χ1n) is 12.1. The van der Waals surface area contributed by atoms with Crippen LogP contribution < -0.4 is 10.6 Å². The molecule has 3 unspecified atom stereocenters. The van der Waals surface area contributed by atoms with Gasteiger partial charge in [-0.05, 0) is 27.7 Å². The molecule has 0 saturated heterocycles. The highest BCUT2D eigenvalue weighted by molar-refractivity contribution is 6.00. The zero-order valence-electron chi connectivity index (χ0n) is 22.7. The van der Waals surface area contributed by atoms with Gasteiger partial charge in [-0.15, -0.1) is 0 Å². The molecule has 14 heteroatoms. The summed E-state index contributed by atoms with van der Waals surface area (Å²) in [6.07, 6.45) is -1.97. The van der Waals surface area contributed by atoms with E-state index in [1.54, 1.807) is 13.8 Å². The van der Waals surface area contributed by atoms with Gasteiger partial charge >= 0.3 is 23.9 Å². The molecule has 0 radical (unpaired) electrons. The van der Waals surface area contributed by atoms with Crippen molar-refractivity contribution in [3.63, 3.8) is 0 Å². The van der Waals surface area contributed by atoms with Crippen LogP contribution in [0.2, 0.25) is 0 Å². The van der Waals surface area contributed by atoms with Crippen molar-refractivity contribution in [1.82, 2.24) is 10.6 Å². The van der Waals surface area contributed by atoms with Gasteiger partial charge in [-0.3, -0.25) is 28.8 Å². The topological polar surface area (TPSA) is 204 Å². The number of hydrogen-bond donors (Lipinski definition) is 4. The molecule has 0 aliphatic rings. The molecule has 2 amide bonds. The summed E-state index contributed by atoms with van der Waals surface area (Å²) in [4.78, 5) is 71.1. The Bertz CT molecular complexity index is 861. The number of esters is 2. The molecule has 3 atom stereocenters. The van der Waals surface area contributed by atoms with Gasteiger partial charge in [0.15, 0.2) is 5.92 Å². The lowest BCUT2D eigenvalue weighted by atomic mass is 9.89. The van der Waals surface area contributed by atoms with Crippen LogP contribution in [-0.4, -0.2) is 97.6 Å². The molecule has 0 aromatic rings. The number of aliphatic carboxylic acids is 2. The average molecular weight is 559 g/mol. The Hall–Kier alpha value is -3.78. The van der Waals surface area contributed by atoms with Crippen LogP contribution in [0.5, 0.6) is 0 Å². The Morgan fingerprint density at radius 1 is 0.718 bits per heavy atom. The molecule has 0 heterocycles. The van der Waals surface area contributed by atoms with Gasteiger partial charge < -0.3 is 39.8 Å². The molecule has 39 heavy (non-hydrogen) atoms. The second-order valence-corrected chi connectivity index (χ2v) is 8.70. The van der Waals surface area contributed by atoms with Gasteiger partial charge in [-0.1, -0.05) is 13.2 Å². The van der Waals surface area contributed by atoms with Gasteiger partial charge in [0, 0.05) is 24.2 Å². The van der Waals surface area contributed by atoms with Crippen molar-refractivity contribution in [1.29, 1.82) is 0 Å². The maximum atomic E-state index is 12.6. The molecule has 0 aliphatic heterocycles. The second-order valence-electron chi connectivity index (χ2n) is 8.70. The number of carboxylic acid groups (broad SMARTS) is 2. The fourth-order valence-corrected chi connectivity index (χ4v) is 2.82. The Labute approximate surface area is 226 Å². The van der Waals surface area contributed by atoms with Crippen molar-refractivity contribution in [3.8, 4) is 0 Å². The molecule has 14 nitrogen and oxygen atoms in total. The zero-order valence-corrected chi connectivity index (χ0v) is 22.7. The predicted molar refractivity (Wildman–Crippen MR) is 135 cm³/mol. The summed E-state index contributed by atoms with van der Waals surface area (Å²) in [5.74, 6) is -10.6.